The molecule has 0 spiro atoms. The lowest BCUT2D eigenvalue weighted by atomic mass is 10.1. The Morgan fingerprint density at radius 1 is 0.963 bits per heavy atom. The molecule has 2 amide bonds. The molecule has 0 aliphatic rings. The number of ether oxygens (including phenoxy) is 2. The summed E-state index contributed by atoms with van der Waals surface area (Å²) in [7, 11) is 1.47. The van der Waals surface area contributed by atoms with E-state index in [2.05, 4.69) is 10.6 Å². The fourth-order valence-electron chi connectivity index (χ4n) is 1.96. The molecule has 0 saturated carbocycles. The summed E-state index contributed by atoms with van der Waals surface area (Å²) in [6, 6.07) is 6.82. The molecule has 8 heteroatoms. The maximum absolute atomic E-state index is 12.6. The van der Waals surface area contributed by atoms with Crippen LogP contribution in [0.4, 0.5) is 15.3 Å². The molecule has 1 aromatic carbocycles. The summed E-state index contributed by atoms with van der Waals surface area (Å²) < 4.78 is 10.6. The lowest BCUT2D eigenvalue weighted by molar-refractivity contribution is 0.0425. The molecular weight excluding hydrogens is 350 g/mol. The van der Waals surface area contributed by atoms with Crippen molar-refractivity contribution in [1.29, 1.82) is 0 Å². The molecule has 1 N–H and O–H groups in total. The number of carbonyl (C=O) groups is 2. The van der Waals surface area contributed by atoms with Gasteiger partial charge in [0.2, 0.25) is 0 Å². The van der Waals surface area contributed by atoms with Crippen LogP contribution in [0, 0.1) is 0 Å². The van der Waals surface area contributed by atoms with Gasteiger partial charge in [-0.3, -0.25) is 0 Å². The largest absolute Gasteiger partial charge is 0.443 e. The van der Waals surface area contributed by atoms with Crippen molar-refractivity contribution >= 4 is 23.6 Å². The number of anilines is 1. The second-order valence-electron chi connectivity index (χ2n) is 7.84. The Labute approximate surface area is 160 Å². The molecule has 0 fully saturated rings. The predicted octanol–water partition coefficient (Wildman–Crippen LogP) is 4.24. The summed E-state index contributed by atoms with van der Waals surface area (Å²) in [4.78, 5) is 29.5. The van der Waals surface area contributed by atoms with Gasteiger partial charge >= 0.3 is 12.2 Å². The third kappa shape index (κ3) is 7.98. The van der Waals surface area contributed by atoms with E-state index in [9.17, 15) is 9.59 Å². The van der Waals surface area contributed by atoms with Gasteiger partial charge in [0, 0.05) is 0 Å². The minimum Gasteiger partial charge on any atom is -0.443 e. The van der Waals surface area contributed by atoms with Crippen molar-refractivity contribution in [1.82, 2.24) is 5.43 Å². The van der Waals surface area contributed by atoms with Gasteiger partial charge in [-0.15, -0.1) is 0 Å². The molecule has 0 radical (unpaired) electrons. The van der Waals surface area contributed by atoms with Crippen molar-refractivity contribution in [2.24, 2.45) is 5.16 Å². The van der Waals surface area contributed by atoms with Crippen LogP contribution >= 0.6 is 0 Å². The molecule has 0 heterocycles. The van der Waals surface area contributed by atoms with E-state index in [1.54, 1.807) is 72.7 Å². The molecule has 1 aromatic rings. The summed E-state index contributed by atoms with van der Waals surface area (Å²) in [5, 5.41) is 4.87. The van der Waals surface area contributed by atoms with Crippen LogP contribution in [0.25, 0.3) is 0 Å². The molecule has 0 atom stereocenters. The standard InChI is InChI=1S/C19H29N3O5/c1-13(21-25-8)14-9-11-15(12-10-14)22(17(24)27-19(5,6)7)20-16(23)26-18(2,3)4/h9-12H,1-8H3,(H,20,23)/b21-13+. The van der Waals surface area contributed by atoms with E-state index in [1.165, 1.54) is 7.11 Å². The van der Waals surface area contributed by atoms with Crippen LogP contribution in [0.15, 0.2) is 29.4 Å². The summed E-state index contributed by atoms with van der Waals surface area (Å²) in [5.41, 5.74) is 2.88. The van der Waals surface area contributed by atoms with Crippen LogP contribution < -0.4 is 10.4 Å². The summed E-state index contributed by atoms with van der Waals surface area (Å²) in [6.07, 6.45) is -1.50. The number of hydrazine groups is 1. The normalized spacial score (nSPS) is 12.2. The molecule has 0 saturated heterocycles. The topological polar surface area (TPSA) is 89.5 Å². The smallest absolute Gasteiger partial charge is 0.434 e. The molecule has 0 unspecified atom stereocenters. The second kappa shape index (κ2) is 8.75. The third-order valence-electron chi connectivity index (χ3n) is 2.95. The molecule has 0 bridgehead atoms. The number of nitrogens with zero attached hydrogens (tertiary/aromatic N) is 2. The Morgan fingerprint density at radius 3 is 1.93 bits per heavy atom. The van der Waals surface area contributed by atoms with Crippen molar-refractivity contribution < 1.29 is 23.9 Å². The number of benzene rings is 1. The highest BCUT2D eigenvalue weighted by Crippen LogP contribution is 2.19. The SMILES string of the molecule is CO/N=C(\C)c1ccc(N(NC(=O)OC(C)(C)C)C(=O)OC(C)(C)C)cc1. The summed E-state index contributed by atoms with van der Waals surface area (Å²) in [5.74, 6) is 0. The van der Waals surface area contributed by atoms with Crippen LogP contribution in [-0.4, -0.2) is 36.2 Å². The number of nitrogens with one attached hydrogen (secondary N) is 1. The van der Waals surface area contributed by atoms with Gasteiger partial charge in [-0.1, -0.05) is 17.3 Å². The maximum atomic E-state index is 12.6. The number of hydrogen-bond acceptors (Lipinski definition) is 6. The van der Waals surface area contributed by atoms with Crippen molar-refractivity contribution in [3.05, 3.63) is 29.8 Å². The molecule has 0 aromatic heterocycles. The van der Waals surface area contributed by atoms with Gasteiger partial charge in [-0.25, -0.2) is 15.0 Å². The first kappa shape index (κ1) is 22.3. The average molecular weight is 379 g/mol. The highest BCUT2D eigenvalue weighted by Gasteiger charge is 2.27. The van der Waals surface area contributed by atoms with Crippen molar-refractivity contribution in [2.75, 3.05) is 12.1 Å². The maximum Gasteiger partial charge on any atom is 0.434 e. The highest BCUT2D eigenvalue weighted by molar-refractivity contribution is 5.99. The number of carbonyl (C=O) groups excluding carboxylic acids is 2. The van der Waals surface area contributed by atoms with E-state index in [0.29, 0.717) is 11.4 Å². The quantitative estimate of drug-likeness (QED) is 0.627. The minimum absolute atomic E-state index is 0.407. The first-order valence-corrected chi connectivity index (χ1v) is 8.53. The molecule has 0 aliphatic heterocycles. The Kier molecular flexibility index (Phi) is 7.21. The zero-order valence-electron chi connectivity index (χ0n) is 17.2. The zero-order chi connectivity index (χ0) is 20.8. The molecule has 8 nitrogen and oxygen atoms in total. The van der Waals surface area contributed by atoms with Crippen molar-refractivity contribution in [2.45, 2.75) is 59.7 Å². The van der Waals surface area contributed by atoms with Crippen LogP contribution in [0.1, 0.15) is 54.0 Å². The Bertz CT molecular complexity index is 685. The Morgan fingerprint density at radius 2 is 1.48 bits per heavy atom. The molecule has 150 valence electrons. The van der Waals surface area contributed by atoms with Gasteiger partial charge < -0.3 is 14.3 Å². The molecular formula is C19H29N3O5. The van der Waals surface area contributed by atoms with E-state index in [4.69, 9.17) is 14.3 Å². The lowest BCUT2D eigenvalue weighted by Gasteiger charge is -2.28. The monoisotopic (exact) mass is 379 g/mol. The van der Waals surface area contributed by atoms with E-state index >= 15 is 0 Å². The van der Waals surface area contributed by atoms with E-state index in [-0.39, 0.29) is 0 Å². The number of hydrogen-bond donors (Lipinski definition) is 1. The molecule has 27 heavy (non-hydrogen) atoms. The number of rotatable bonds is 3. The van der Waals surface area contributed by atoms with Gasteiger partial charge in [0.1, 0.15) is 18.3 Å². The summed E-state index contributed by atoms with van der Waals surface area (Å²) in [6.45, 7) is 12.2. The lowest BCUT2D eigenvalue weighted by Crippen LogP contribution is -2.50. The van der Waals surface area contributed by atoms with Crippen molar-refractivity contribution in [3.8, 4) is 0 Å². The molecule has 0 aliphatic carbocycles. The first-order valence-electron chi connectivity index (χ1n) is 8.53. The van der Waals surface area contributed by atoms with Gasteiger partial charge in [-0.05, 0) is 66.2 Å². The number of oxime groups is 1. The summed E-state index contributed by atoms with van der Waals surface area (Å²) >= 11 is 0. The van der Waals surface area contributed by atoms with Crippen LogP contribution in [0.3, 0.4) is 0 Å². The fourth-order valence-corrected chi connectivity index (χ4v) is 1.96. The molecule has 1 rings (SSSR count). The van der Waals surface area contributed by atoms with Crippen LogP contribution in [-0.2, 0) is 14.3 Å². The first-order chi connectivity index (χ1) is 12.3. The van der Waals surface area contributed by atoms with Gasteiger partial charge in [-0.2, -0.15) is 5.01 Å². The van der Waals surface area contributed by atoms with Gasteiger partial charge in [0.25, 0.3) is 0 Å². The van der Waals surface area contributed by atoms with Crippen LogP contribution in [0.5, 0.6) is 0 Å². The predicted molar refractivity (Wildman–Crippen MR) is 104 cm³/mol. The zero-order valence-corrected chi connectivity index (χ0v) is 17.2. The average Bonchev–Trinajstić information content (AvgIpc) is 2.49. The fraction of sp³-hybridized carbons (Fsp3) is 0.526. The van der Waals surface area contributed by atoms with Gasteiger partial charge in [0.15, 0.2) is 0 Å². The second-order valence-corrected chi connectivity index (χ2v) is 7.84. The van der Waals surface area contributed by atoms with Crippen LogP contribution in [0.2, 0.25) is 0 Å². The Balaban J connectivity index is 3.11. The van der Waals surface area contributed by atoms with E-state index in [1.807, 2.05) is 0 Å². The van der Waals surface area contributed by atoms with Gasteiger partial charge in [0.05, 0.1) is 11.4 Å². The van der Waals surface area contributed by atoms with E-state index in [0.717, 1.165) is 10.6 Å². The van der Waals surface area contributed by atoms with E-state index < -0.39 is 23.4 Å². The third-order valence-corrected chi connectivity index (χ3v) is 2.95. The highest BCUT2D eigenvalue weighted by atomic mass is 16.6. The Hall–Kier alpha value is -2.77. The number of amides is 2. The van der Waals surface area contributed by atoms with Crippen molar-refractivity contribution in [3.63, 3.8) is 0 Å². The minimum atomic E-state index is -0.769.